The SMILES string of the molecule is COc1ccc(CC/C=C(\C)CCC/C=C/C(O)(c2ccccc2)c2ccccc2)cc1OC. The summed E-state index contributed by atoms with van der Waals surface area (Å²) in [5.74, 6) is 1.54. The van der Waals surface area contributed by atoms with E-state index in [1.54, 1.807) is 14.2 Å². The van der Waals surface area contributed by atoms with Crippen molar-refractivity contribution in [1.82, 2.24) is 0 Å². The third-order valence-corrected chi connectivity index (χ3v) is 6.10. The molecule has 0 heterocycles. The van der Waals surface area contributed by atoms with Crippen molar-refractivity contribution in [3.05, 3.63) is 119 Å². The number of aliphatic hydroxyl groups is 1. The first kappa shape index (κ1) is 25.3. The average molecular weight is 457 g/mol. The number of aryl methyl sites for hydroxylation is 1. The van der Waals surface area contributed by atoms with Gasteiger partial charge in [0.15, 0.2) is 11.5 Å². The van der Waals surface area contributed by atoms with Gasteiger partial charge in [0.05, 0.1) is 14.2 Å². The van der Waals surface area contributed by atoms with Gasteiger partial charge >= 0.3 is 0 Å². The first-order valence-electron chi connectivity index (χ1n) is 11.9. The molecule has 34 heavy (non-hydrogen) atoms. The number of rotatable bonds is 12. The van der Waals surface area contributed by atoms with Gasteiger partial charge in [0.25, 0.3) is 0 Å². The molecule has 0 aliphatic carbocycles. The predicted molar refractivity (Wildman–Crippen MR) is 140 cm³/mol. The second-order valence-electron chi connectivity index (χ2n) is 8.57. The van der Waals surface area contributed by atoms with Gasteiger partial charge in [0.2, 0.25) is 0 Å². The van der Waals surface area contributed by atoms with E-state index in [-0.39, 0.29) is 0 Å². The van der Waals surface area contributed by atoms with E-state index in [2.05, 4.69) is 25.1 Å². The fourth-order valence-electron chi connectivity index (χ4n) is 4.12. The van der Waals surface area contributed by atoms with Crippen LogP contribution in [0.4, 0.5) is 0 Å². The topological polar surface area (TPSA) is 38.7 Å². The largest absolute Gasteiger partial charge is 0.493 e. The van der Waals surface area contributed by atoms with Crippen LogP contribution >= 0.6 is 0 Å². The van der Waals surface area contributed by atoms with E-state index < -0.39 is 5.60 Å². The maximum Gasteiger partial charge on any atom is 0.160 e. The van der Waals surface area contributed by atoms with Crippen LogP contribution in [0.2, 0.25) is 0 Å². The number of allylic oxidation sites excluding steroid dienone is 3. The molecule has 0 bridgehead atoms. The zero-order valence-corrected chi connectivity index (χ0v) is 20.5. The lowest BCUT2D eigenvalue weighted by molar-refractivity contribution is 0.134. The highest BCUT2D eigenvalue weighted by Gasteiger charge is 2.27. The Labute approximate surface area is 204 Å². The molecule has 3 rings (SSSR count). The summed E-state index contributed by atoms with van der Waals surface area (Å²) in [7, 11) is 3.32. The van der Waals surface area contributed by atoms with Crippen LogP contribution in [0.15, 0.2) is 103 Å². The number of hydrogen-bond acceptors (Lipinski definition) is 3. The van der Waals surface area contributed by atoms with Gasteiger partial charge in [-0.15, -0.1) is 0 Å². The van der Waals surface area contributed by atoms with Crippen molar-refractivity contribution >= 4 is 0 Å². The molecule has 1 N–H and O–H groups in total. The molecule has 3 heteroatoms. The van der Waals surface area contributed by atoms with E-state index in [1.165, 1.54) is 11.1 Å². The van der Waals surface area contributed by atoms with Gasteiger partial charge in [-0.05, 0) is 73.9 Å². The molecule has 0 amide bonds. The maximum absolute atomic E-state index is 11.5. The van der Waals surface area contributed by atoms with Gasteiger partial charge in [-0.1, -0.05) is 84.5 Å². The lowest BCUT2D eigenvalue weighted by atomic mass is 9.85. The van der Waals surface area contributed by atoms with Crippen molar-refractivity contribution in [3.8, 4) is 11.5 Å². The molecule has 0 aliphatic rings. The molecule has 3 nitrogen and oxygen atoms in total. The molecule has 3 aromatic carbocycles. The standard InChI is InChI=1S/C31H36O3/c1-25(15-13-16-26-21-22-29(33-2)30(24-26)34-3)14-7-6-12-23-31(32,27-17-8-4-9-18-27)28-19-10-5-11-20-28/h4-5,8-12,15,17-24,32H,6-7,13-14,16H2,1-3H3/b23-12+,25-15+. The van der Waals surface area contributed by atoms with Crippen molar-refractivity contribution in [2.45, 2.75) is 44.6 Å². The van der Waals surface area contributed by atoms with Gasteiger partial charge < -0.3 is 14.6 Å². The van der Waals surface area contributed by atoms with E-state index in [0.717, 1.165) is 54.7 Å². The molecule has 3 aromatic rings. The summed E-state index contributed by atoms with van der Waals surface area (Å²) in [5.41, 5.74) is 3.28. The first-order chi connectivity index (χ1) is 16.6. The van der Waals surface area contributed by atoms with Crippen molar-refractivity contribution in [1.29, 1.82) is 0 Å². The van der Waals surface area contributed by atoms with Crippen LogP contribution in [0.25, 0.3) is 0 Å². The van der Waals surface area contributed by atoms with Crippen LogP contribution in [0.5, 0.6) is 11.5 Å². The second kappa shape index (κ2) is 12.8. The summed E-state index contributed by atoms with van der Waals surface area (Å²) in [6.07, 6.45) is 11.4. The van der Waals surface area contributed by atoms with Crippen LogP contribution < -0.4 is 9.47 Å². The van der Waals surface area contributed by atoms with E-state index in [0.29, 0.717) is 0 Å². The highest BCUT2D eigenvalue weighted by atomic mass is 16.5. The quantitative estimate of drug-likeness (QED) is 0.230. The minimum Gasteiger partial charge on any atom is -0.493 e. The monoisotopic (exact) mass is 456 g/mol. The number of hydrogen-bond donors (Lipinski definition) is 1. The minimum atomic E-state index is -1.12. The Morgan fingerprint density at radius 3 is 2.03 bits per heavy atom. The molecule has 0 spiro atoms. The molecular formula is C31H36O3. The Morgan fingerprint density at radius 2 is 1.44 bits per heavy atom. The molecular weight excluding hydrogens is 420 g/mol. The summed E-state index contributed by atoms with van der Waals surface area (Å²) in [6.45, 7) is 2.20. The average Bonchev–Trinajstić information content (AvgIpc) is 2.89. The minimum absolute atomic E-state index is 0.762. The lowest BCUT2D eigenvalue weighted by Crippen LogP contribution is -2.24. The molecule has 0 fully saturated rings. The second-order valence-corrected chi connectivity index (χ2v) is 8.57. The van der Waals surface area contributed by atoms with Crippen LogP contribution in [-0.4, -0.2) is 19.3 Å². The molecule has 0 atom stereocenters. The van der Waals surface area contributed by atoms with Gasteiger partial charge in [-0.25, -0.2) is 0 Å². The van der Waals surface area contributed by atoms with Gasteiger partial charge in [0, 0.05) is 0 Å². The predicted octanol–water partition coefficient (Wildman–Crippen LogP) is 7.25. The van der Waals surface area contributed by atoms with Gasteiger partial charge in [-0.2, -0.15) is 0 Å². The number of ether oxygens (including phenoxy) is 2. The summed E-state index contributed by atoms with van der Waals surface area (Å²) in [4.78, 5) is 0. The summed E-state index contributed by atoms with van der Waals surface area (Å²) in [6, 6.07) is 25.8. The fourth-order valence-corrected chi connectivity index (χ4v) is 4.12. The van der Waals surface area contributed by atoms with Crippen LogP contribution in [0.3, 0.4) is 0 Å². The Kier molecular flexibility index (Phi) is 9.54. The molecule has 0 unspecified atom stereocenters. The number of benzene rings is 3. The van der Waals surface area contributed by atoms with Gasteiger partial charge in [0.1, 0.15) is 5.60 Å². The number of unbranched alkanes of at least 4 members (excludes halogenated alkanes) is 1. The third-order valence-electron chi connectivity index (χ3n) is 6.10. The van der Waals surface area contributed by atoms with Crippen molar-refractivity contribution in [3.63, 3.8) is 0 Å². The normalized spacial score (nSPS) is 12.2. The molecule has 178 valence electrons. The van der Waals surface area contributed by atoms with Crippen molar-refractivity contribution < 1.29 is 14.6 Å². The first-order valence-corrected chi connectivity index (χ1v) is 11.9. The zero-order valence-electron chi connectivity index (χ0n) is 20.5. The van der Waals surface area contributed by atoms with Crippen LogP contribution in [0, 0.1) is 0 Å². The molecule has 0 saturated carbocycles. The van der Waals surface area contributed by atoms with E-state index in [9.17, 15) is 5.11 Å². The Hall–Kier alpha value is -3.30. The van der Waals surface area contributed by atoms with Crippen LogP contribution in [0.1, 0.15) is 49.3 Å². The third kappa shape index (κ3) is 6.85. The van der Waals surface area contributed by atoms with Gasteiger partial charge in [-0.3, -0.25) is 0 Å². The Morgan fingerprint density at radius 1 is 0.824 bits per heavy atom. The molecule has 0 radical (unpaired) electrons. The molecule has 0 aliphatic heterocycles. The summed E-state index contributed by atoms with van der Waals surface area (Å²) < 4.78 is 10.7. The Bertz CT molecular complexity index is 1030. The van der Waals surface area contributed by atoms with E-state index in [1.807, 2.05) is 78.9 Å². The van der Waals surface area contributed by atoms with E-state index >= 15 is 0 Å². The van der Waals surface area contributed by atoms with E-state index in [4.69, 9.17) is 9.47 Å². The number of methoxy groups -OCH3 is 2. The maximum atomic E-state index is 11.5. The Balaban J connectivity index is 1.52. The molecule has 0 saturated heterocycles. The highest BCUT2D eigenvalue weighted by Crippen LogP contribution is 2.31. The summed E-state index contributed by atoms with van der Waals surface area (Å²) >= 11 is 0. The van der Waals surface area contributed by atoms with Crippen LogP contribution in [-0.2, 0) is 12.0 Å². The van der Waals surface area contributed by atoms with Crippen molar-refractivity contribution in [2.75, 3.05) is 14.2 Å². The fraction of sp³-hybridized carbons (Fsp3) is 0.290. The smallest absolute Gasteiger partial charge is 0.160 e. The highest BCUT2D eigenvalue weighted by molar-refractivity contribution is 5.43. The lowest BCUT2D eigenvalue weighted by Gasteiger charge is -2.26. The zero-order chi connectivity index (χ0) is 24.2. The molecule has 0 aromatic heterocycles. The summed E-state index contributed by atoms with van der Waals surface area (Å²) in [5, 5.41) is 11.5. The van der Waals surface area contributed by atoms with Crippen molar-refractivity contribution in [2.24, 2.45) is 0 Å².